The maximum absolute atomic E-state index is 13.4. The molecule has 3 saturated carbocycles. The lowest BCUT2D eigenvalue weighted by atomic mass is 9.76. The molecule has 2 N–H and O–H groups in total. The van der Waals surface area contributed by atoms with Gasteiger partial charge in [0, 0.05) is 25.7 Å². The van der Waals surface area contributed by atoms with E-state index in [1.165, 1.54) is 38.6 Å². The summed E-state index contributed by atoms with van der Waals surface area (Å²) in [6.07, 6.45) is 9.36. The number of aliphatic hydroxyl groups excluding tert-OH is 2. The van der Waals surface area contributed by atoms with Gasteiger partial charge >= 0.3 is 5.69 Å². The molecule has 1 aliphatic heterocycles. The van der Waals surface area contributed by atoms with E-state index in [4.69, 9.17) is 0 Å². The summed E-state index contributed by atoms with van der Waals surface area (Å²) in [6.45, 7) is 2.90. The summed E-state index contributed by atoms with van der Waals surface area (Å²) < 4.78 is 3.53. The van der Waals surface area contributed by atoms with Crippen molar-refractivity contribution in [3.8, 4) is 0 Å². The summed E-state index contributed by atoms with van der Waals surface area (Å²) in [5.41, 5.74) is 2.34. The van der Waals surface area contributed by atoms with Gasteiger partial charge in [0.2, 0.25) is 0 Å². The van der Waals surface area contributed by atoms with Gasteiger partial charge in [-0.25, -0.2) is 4.79 Å². The number of imidazole rings is 1. The molecule has 6 rings (SSSR count). The number of rotatable bonds is 6. The summed E-state index contributed by atoms with van der Waals surface area (Å²) >= 11 is 0. The highest BCUT2D eigenvalue weighted by atomic mass is 16.3. The van der Waals surface area contributed by atoms with Crippen LogP contribution in [-0.4, -0.2) is 57.1 Å². The minimum absolute atomic E-state index is 0.0993. The Balaban J connectivity index is 1.21. The van der Waals surface area contributed by atoms with Crippen LogP contribution in [0.3, 0.4) is 0 Å². The fourth-order valence-electron chi connectivity index (χ4n) is 7.69. The molecule has 4 aliphatic rings. The average Bonchev–Trinajstić information content (AvgIpc) is 3.20. The molecule has 3 aliphatic carbocycles. The second-order valence-corrected chi connectivity index (χ2v) is 10.7. The summed E-state index contributed by atoms with van der Waals surface area (Å²) in [4.78, 5) is 16.1. The zero-order chi connectivity index (χ0) is 21.2. The summed E-state index contributed by atoms with van der Waals surface area (Å²) in [5, 5.41) is 19.4. The number of piperidine rings is 1. The van der Waals surface area contributed by atoms with Gasteiger partial charge in [-0.05, 0) is 80.2 Å². The minimum Gasteiger partial charge on any atom is -0.394 e. The fraction of sp³-hybridized carbons (Fsp3) is 0.720. The predicted octanol–water partition coefficient (Wildman–Crippen LogP) is 2.79. The predicted molar refractivity (Wildman–Crippen MR) is 120 cm³/mol. The molecule has 1 aromatic carbocycles. The van der Waals surface area contributed by atoms with E-state index < -0.39 is 6.04 Å². The number of hydrogen-bond acceptors (Lipinski definition) is 4. The van der Waals surface area contributed by atoms with Gasteiger partial charge in [0.1, 0.15) is 0 Å². The van der Waals surface area contributed by atoms with Gasteiger partial charge in [0.05, 0.1) is 30.3 Å². The Labute approximate surface area is 183 Å². The third kappa shape index (κ3) is 2.98. The van der Waals surface area contributed by atoms with Gasteiger partial charge in [-0.3, -0.25) is 9.13 Å². The van der Waals surface area contributed by atoms with E-state index >= 15 is 0 Å². The number of fused-ring (bicyclic) bond motifs is 4. The van der Waals surface area contributed by atoms with Crippen LogP contribution in [0.1, 0.15) is 57.0 Å². The van der Waals surface area contributed by atoms with Crippen LogP contribution in [0.5, 0.6) is 0 Å². The second-order valence-electron chi connectivity index (χ2n) is 10.7. The van der Waals surface area contributed by atoms with Crippen LogP contribution in [-0.2, 0) is 0 Å². The van der Waals surface area contributed by atoms with Crippen molar-refractivity contribution >= 4 is 11.0 Å². The van der Waals surface area contributed by atoms with Crippen molar-refractivity contribution in [2.24, 2.45) is 23.2 Å². The van der Waals surface area contributed by atoms with Crippen molar-refractivity contribution in [3.63, 3.8) is 0 Å². The van der Waals surface area contributed by atoms with Crippen molar-refractivity contribution in [2.75, 3.05) is 32.8 Å². The monoisotopic (exact) mass is 425 g/mol. The topological polar surface area (TPSA) is 70.6 Å². The van der Waals surface area contributed by atoms with Gasteiger partial charge in [0.25, 0.3) is 0 Å². The molecule has 4 fully saturated rings. The van der Waals surface area contributed by atoms with Crippen LogP contribution in [0.2, 0.25) is 0 Å². The third-order valence-electron chi connectivity index (χ3n) is 9.40. The maximum atomic E-state index is 13.4. The Kier molecular flexibility index (Phi) is 4.82. The number of benzene rings is 1. The lowest BCUT2D eigenvalue weighted by molar-refractivity contribution is 0.100. The van der Waals surface area contributed by atoms with E-state index in [-0.39, 0.29) is 24.9 Å². The number of aliphatic hydroxyl groups is 2. The maximum Gasteiger partial charge on any atom is 0.329 e. The first kappa shape index (κ1) is 20.0. The van der Waals surface area contributed by atoms with Crippen molar-refractivity contribution in [3.05, 3.63) is 34.7 Å². The lowest BCUT2D eigenvalue weighted by Gasteiger charge is -2.39. The smallest absolute Gasteiger partial charge is 0.329 e. The Morgan fingerprint density at radius 3 is 2.39 bits per heavy atom. The van der Waals surface area contributed by atoms with Crippen LogP contribution >= 0.6 is 0 Å². The van der Waals surface area contributed by atoms with Crippen LogP contribution < -0.4 is 5.69 Å². The van der Waals surface area contributed by atoms with Crippen LogP contribution in [0.4, 0.5) is 0 Å². The summed E-state index contributed by atoms with van der Waals surface area (Å²) in [6, 6.07) is 7.39. The quantitative estimate of drug-likeness (QED) is 0.747. The fourth-order valence-corrected chi connectivity index (χ4v) is 7.69. The molecule has 1 spiro atoms. The normalized spacial score (nSPS) is 30.2. The number of aromatic nitrogens is 2. The first-order chi connectivity index (χ1) is 15.2. The molecule has 2 aromatic rings. The molecule has 168 valence electrons. The van der Waals surface area contributed by atoms with Crippen LogP contribution in [0, 0.1) is 23.2 Å². The zero-order valence-corrected chi connectivity index (χ0v) is 18.3. The van der Waals surface area contributed by atoms with E-state index in [1.807, 2.05) is 28.8 Å². The van der Waals surface area contributed by atoms with Crippen molar-refractivity contribution in [1.82, 2.24) is 14.0 Å². The van der Waals surface area contributed by atoms with E-state index in [1.54, 1.807) is 4.57 Å². The molecule has 0 amide bonds. The summed E-state index contributed by atoms with van der Waals surface area (Å²) in [7, 11) is 0. The van der Waals surface area contributed by atoms with E-state index in [0.717, 1.165) is 54.7 Å². The average molecular weight is 426 g/mol. The van der Waals surface area contributed by atoms with Crippen LogP contribution in [0.25, 0.3) is 11.0 Å². The molecule has 2 bridgehead atoms. The Bertz CT molecular complexity index is 1010. The largest absolute Gasteiger partial charge is 0.394 e. The van der Waals surface area contributed by atoms with Gasteiger partial charge in [-0.1, -0.05) is 12.1 Å². The Hall–Kier alpha value is -1.63. The summed E-state index contributed by atoms with van der Waals surface area (Å²) in [5.74, 6) is 2.91. The molecule has 1 aromatic heterocycles. The molecular formula is C25H35N3O3. The van der Waals surface area contributed by atoms with Crippen molar-refractivity contribution in [2.45, 2.75) is 57.0 Å². The number of para-hydroxylation sites is 2. The molecule has 3 atom stereocenters. The highest BCUT2D eigenvalue weighted by Crippen LogP contribution is 2.71. The first-order valence-corrected chi connectivity index (χ1v) is 12.3. The Morgan fingerprint density at radius 1 is 1.00 bits per heavy atom. The molecule has 31 heavy (non-hydrogen) atoms. The number of hydrogen-bond donors (Lipinski definition) is 2. The molecule has 6 nitrogen and oxygen atoms in total. The van der Waals surface area contributed by atoms with Gasteiger partial charge in [0.15, 0.2) is 0 Å². The van der Waals surface area contributed by atoms with Crippen LogP contribution in [0.15, 0.2) is 29.1 Å². The van der Waals surface area contributed by atoms with Gasteiger partial charge in [-0.2, -0.15) is 0 Å². The number of nitrogens with zero attached hydrogens (tertiary/aromatic N) is 3. The third-order valence-corrected chi connectivity index (χ3v) is 9.40. The molecule has 0 radical (unpaired) electrons. The molecule has 1 saturated heterocycles. The molecular weight excluding hydrogens is 390 g/mol. The van der Waals surface area contributed by atoms with Gasteiger partial charge in [-0.15, -0.1) is 0 Å². The minimum atomic E-state index is -0.591. The zero-order valence-electron chi connectivity index (χ0n) is 18.3. The Morgan fingerprint density at radius 2 is 1.71 bits per heavy atom. The number of likely N-dealkylation sites (tertiary alicyclic amines) is 1. The van der Waals surface area contributed by atoms with E-state index in [2.05, 4.69) is 4.90 Å². The van der Waals surface area contributed by atoms with Crippen molar-refractivity contribution < 1.29 is 10.2 Å². The second kappa shape index (κ2) is 7.46. The SMILES string of the molecule is O=c1n(C(CO)CO)c2ccccc2n1C1CCN(C[C@@H]2[C@@H]3CC[C@@H](C3)C23CC3)CC1. The highest BCUT2D eigenvalue weighted by molar-refractivity contribution is 5.76. The van der Waals surface area contributed by atoms with E-state index in [9.17, 15) is 15.0 Å². The lowest BCUT2D eigenvalue weighted by Crippen LogP contribution is -2.43. The molecule has 6 heteroatoms. The van der Waals surface area contributed by atoms with Gasteiger partial charge < -0.3 is 15.1 Å². The highest BCUT2D eigenvalue weighted by Gasteiger charge is 2.63. The first-order valence-electron chi connectivity index (χ1n) is 12.3. The van der Waals surface area contributed by atoms with Crippen molar-refractivity contribution in [1.29, 1.82) is 0 Å². The molecule has 2 heterocycles. The molecule has 0 unspecified atom stereocenters. The van der Waals surface area contributed by atoms with E-state index in [0.29, 0.717) is 5.41 Å². The standard InChI is InChI=1S/C25H35N3O3/c29-15-20(16-30)28-23-4-2-1-3-22(23)27(24(28)31)19-7-11-26(12-8-19)14-21-17-5-6-18(13-17)25(21)9-10-25/h1-4,17-21,29-30H,5-16H2/t17-,18+,21-/m1/s1.